The number of halogens is 1. The van der Waals surface area contributed by atoms with Gasteiger partial charge in [-0.2, -0.15) is 5.10 Å². The summed E-state index contributed by atoms with van der Waals surface area (Å²) in [5, 5.41) is 3.93. The van der Waals surface area contributed by atoms with Crippen LogP contribution in [0.3, 0.4) is 0 Å². The highest BCUT2D eigenvalue weighted by Gasteiger charge is 2.36. The molecule has 4 nitrogen and oxygen atoms in total. The van der Waals surface area contributed by atoms with Crippen LogP contribution in [0.15, 0.2) is 60.9 Å². The Morgan fingerprint density at radius 1 is 1.22 bits per heavy atom. The highest BCUT2D eigenvalue weighted by atomic mass is 35.5. The quantitative estimate of drug-likeness (QED) is 0.471. The third kappa shape index (κ3) is 4.44. The van der Waals surface area contributed by atoms with Crippen molar-refractivity contribution in [2.75, 3.05) is 4.90 Å². The van der Waals surface area contributed by atoms with Crippen LogP contribution in [-0.4, -0.2) is 21.1 Å². The summed E-state index contributed by atoms with van der Waals surface area (Å²) in [6.07, 6.45) is 11.9. The lowest BCUT2D eigenvalue weighted by Crippen LogP contribution is -2.45. The molecule has 4 unspecified atom stereocenters. The Labute approximate surface area is 166 Å². The summed E-state index contributed by atoms with van der Waals surface area (Å²) in [5.74, 6) is 0.742. The van der Waals surface area contributed by atoms with Gasteiger partial charge in [-0.1, -0.05) is 44.2 Å². The lowest BCUT2D eigenvalue weighted by atomic mass is 9.85. The molecule has 1 amide bonds. The van der Waals surface area contributed by atoms with Crippen LogP contribution in [0.2, 0.25) is 0 Å². The topological polar surface area (TPSA) is 38.1 Å². The van der Waals surface area contributed by atoms with E-state index >= 15 is 0 Å². The maximum atomic E-state index is 13.3. The second-order valence-corrected chi connectivity index (χ2v) is 7.64. The molecule has 1 aliphatic carbocycles. The van der Waals surface area contributed by atoms with Crippen LogP contribution in [0.4, 0.5) is 5.69 Å². The second-order valence-electron chi connectivity index (χ2n) is 7.11. The average Bonchev–Trinajstić information content (AvgIpc) is 3.26. The molecule has 0 saturated heterocycles. The number of carbonyl (C=O) groups excluding carboxylic acids is 1. The first-order valence-electron chi connectivity index (χ1n) is 9.85. The normalized spacial score (nSPS) is 21.6. The smallest absolute Gasteiger partial charge is 0.246 e. The van der Waals surface area contributed by atoms with E-state index in [-0.39, 0.29) is 18.0 Å². The molecule has 0 fully saturated rings. The molecule has 27 heavy (non-hydrogen) atoms. The zero-order chi connectivity index (χ0) is 19.2. The van der Waals surface area contributed by atoms with Gasteiger partial charge in [0.25, 0.3) is 0 Å². The van der Waals surface area contributed by atoms with Gasteiger partial charge in [0, 0.05) is 24.0 Å². The van der Waals surface area contributed by atoms with Crippen molar-refractivity contribution in [3.8, 4) is 0 Å². The fourth-order valence-corrected chi connectivity index (χ4v) is 3.86. The molecule has 1 aromatic heterocycles. The first kappa shape index (κ1) is 19.7. The Hall–Kier alpha value is -2.07. The van der Waals surface area contributed by atoms with Crippen molar-refractivity contribution in [1.82, 2.24) is 9.78 Å². The van der Waals surface area contributed by atoms with Gasteiger partial charge in [0.05, 0.1) is 0 Å². The van der Waals surface area contributed by atoms with Gasteiger partial charge in [0.2, 0.25) is 5.91 Å². The van der Waals surface area contributed by atoms with E-state index in [2.05, 4.69) is 24.2 Å². The molecule has 0 saturated carbocycles. The van der Waals surface area contributed by atoms with Crippen LogP contribution in [0.5, 0.6) is 0 Å². The Balaban J connectivity index is 2.04. The van der Waals surface area contributed by atoms with Gasteiger partial charge in [-0.25, -0.2) is 4.68 Å². The van der Waals surface area contributed by atoms with E-state index in [0.29, 0.717) is 12.3 Å². The number of anilines is 1. The van der Waals surface area contributed by atoms with Crippen molar-refractivity contribution in [2.24, 2.45) is 11.8 Å². The summed E-state index contributed by atoms with van der Waals surface area (Å²) in [5.41, 5.74) is 0.855. The monoisotopic (exact) mass is 385 g/mol. The molecule has 3 rings (SSSR count). The first-order valence-corrected chi connectivity index (χ1v) is 10.3. The molecule has 4 atom stereocenters. The van der Waals surface area contributed by atoms with Crippen LogP contribution in [-0.2, 0) is 4.79 Å². The van der Waals surface area contributed by atoms with Gasteiger partial charge in [-0.05, 0) is 49.8 Å². The number of nitrogens with zero attached hydrogens (tertiary/aromatic N) is 3. The summed E-state index contributed by atoms with van der Waals surface area (Å²) in [6, 6.07) is 11.7. The van der Waals surface area contributed by atoms with E-state index in [9.17, 15) is 4.79 Å². The largest absolute Gasteiger partial charge is 0.288 e. The number of para-hydroxylation sites is 1. The molecule has 0 aliphatic heterocycles. The molecule has 5 heteroatoms. The van der Waals surface area contributed by atoms with Gasteiger partial charge in [0.15, 0.2) is 0 Å². The van der Waals surface area contributed by atoms with E-state index in [0.717, 1.165) is 24.9 Å². The van der Waals surface area contributed by atoms with Crippen molar-refractivity contribution in [2.45, 2.75) is 51.1 Å². The number of rotatable bonds is 7. The van der Waals surface area contributed by atoms with Crippen LogP contribution >= 0.6 is 11.6 Å². The predicted octanol–water partition coefficient (Wildman–Crippen LogP) is 5.42. The Bertz CT molecular complexity index is 744. The van der Waals surface area contributed by atoms with Crippen molar-refractivity contribution in [3.63, 3.8) is 0 Å². The number of hydrogen-bond donors (Lipinski definition) is 0. The summed E-state index contributed by atoms with van der Waals surface area (Å²) in [7, 11) is 0. The lowest BCUT2D eigenvalue weighted by molar-refractivity contribution is -0.119. The van der Waals surface area contributed by atoms with E-state index in [1.54, 1.807) is 6.20 Å². The minimum Gasteiger partial charge on any atom is -0.288 e. The minimum atomic E-state index is -0.556. The minimum absolute atomic E-state index is 0.0723. The summed E-state index contributed by atoms with van der Waals surface area (Å²) in [6.45, 7) is 4.16. The highest BCUT2D eigenvalue weighted by Crippen LogP contribution is 2.37. The molecular weight excluding hydrogens is 358 g/mol. The molecule has 1 heterocycles. The fraction of sp³-hybridized carbons (Fsp3) is 0.455. The molecule has 1 aliphatic rings. The van der Waals surface area contributed by atoms with E-state index in [4.69, 9.17) is 11.6 Å². The molecule has 144 valence electrons. The van der Waals surface area contributed by atoms with Gasteiger partial charge >= 0.3 is 0 Å². The van der Waals surface area contributed by atoms with Crippen LogP contribution in [0, 0.1) is 11.8 Å². The zero-order valence-electron chi connectivity index (χ0n) is 16.0. The van der Waals surface area contributed by atoms with Crippen molar-refractivity contribution < 1.29 is 4.79 Å². The summed E-state index contributed by atoms with van der Waals surface area (Å²) >= 11 is 6.41. The average molecular weight is 386 g/mol. The van der Waals surface area contributed by atoms with Gasteiger partial charge in [0.1, 0.15) is 11.5 Å². The fourth-order valence-electron chi connectivity index (χ4n) is 3.76. The van der Waals surface area contributed by atoms with E-state index < -0.39 is 5.38 Å². The number of alkyl halides is 1. The number of amides is 1. The van der Waals surface area contributed by atoms with Gasteiger partial charge < -0.3 is 0 Å². The zero-order valence-corrected chi connectivity index (χ0v) is 16.8. The molecule has 0 N–H and O–H groups in total. The lowest BCUT2D eigenvalue weighted by Gasteiger charge is -2.38. The number of carbonyl (C=O) groups is 1. The predicted molar refractivity (Wildman–Crippen MR) is 111 cm³/mol. The van der Waals surface area contributed by atoms with Crippen molar-refractivity contribution >= 4 is 23.2 Å². The van der Waals surface area contributed by atoms with Crippen LogP contribution in [0.25, 0.3) is 0 Å². The van der Waals surface area contributed by atoms with Crippen LogP contribution < -0.4 is 4.90 Å². The van der Waals surface area contributed by atoms with Crippen molar-refractivity contribution in [1.29, 1.82) is 0 Å². The first-order chi connectivity index (χ1) is 13.2. The number of hydrogen-bond acceptors (Lipinski definition) is 2. The summed E-state index contributed by atoms with van der Waals surface area (Å²) in [4.78, 5) is 15.1. The Kier molecular flexibility index (Phi) is 6.73. The Morgan fingerprint density at radius 3 is 2.56 bits per heavy atom. The molecule has 0 radical (unpaired) electrons. The summed E-state index contributed by atoms with van der Waals surface area (Å²) < 4.78 is 1.89. The number of benzene rings is 1. The van der Waals surface area contributed by atoms with Gasteiger partial charge in [-0.3, -0.25) is 9.69 Å². The molecule has 1 aromatic carbocycles. The molecule has 2 aromatic rings. The number of aromatic nitrogens is 2. The van der Waals surface area contributed by atoms with Crippen LogP contribution in [0.1, 0.15) is 45.7 Å². The molecule has 0 bridgehead atoms. The third-order valence-corrected chi connectivity index (χ3v) is 5.86. The van der Waals surface area contributed by atoms with E-state index in [1.807, 2.05) is 59.1 Å². The standard InChI is InChI=1S/C22H28ClN3O/c1-3-17-11-13-18(14-12-17)21(25-16-8-15-24-25)26(22(27)20(23)4-2)19-9-6-5-7-10-19/h5-11,13,15-18,20-21H,3-4,12,14H2,1-2H3. The Morgan fingerprint density at radius 2 is 2.00 bits per heavy atom. The SMILES string of the molecule is CCC1C=CC(C(N(C(=O)C(Cl)CC)c2ccccc2)n2cccn2)CC1. The van der Waals surface area contributed by atoms with Gasteiger partial charge in [-0.15, -0.1) is 11.6 Å². The maximum Gasteiger partial charge on any atom is 0.246 e. The maximum absolute atomic E-state index is 13.3. The van der Waals surface area contributed by atoms with E-state index in [1.165, 1.54) is 0 Å². The second kappa shape index (κ2) is 9.23. The highest BCUT2D eigenvalue weighted by molar-refractivity contribution is 6.32. The van der Waals surface area contributed by atoms with Crippen molar-refractivity contribution in [3.05, 3.63) is 60.9 Å². The molecular formula is C22H28ClN3O. The number of allylic oxidation sites excluding steroid dienone is 1. The third-order valence-electron chi connectivity index (χ3n) is 5.37. The molecule has 0 spiro atoms.